The van der Waals surface area contributed by atoms with Gasteiger partial charge in [-0.05, 0) is 43.1 Å². The lowest BCUT2D eigenvalue weighted by atomic mass is 9.65. The largest absolute Gasteiger partial charge is 0.487 e. The molecule has 0 aromatic heterocycles. The number of benzene rings is 1. The van der Waals surface area contributed by atoms with Gasteiger partial charge in [0.15, 0.2) is 0 Å². The summed E-state index contributed by atoms with van der Waals surface area (Å²) in [7, 11) is 0. The molecule has 2 N–H and O–H groups in total. The Morgan fingerprint density at radius 1 is 1.24 bits per heavy atom. The van der Waals surface area contributed by atoms with Crippen molar-refractivity contribution in [3.05, 3.63) is 29.8 Å². The highest BCUT2D eigenvalue weighted by Crippen LogP contribution is 2.50. The van der Waals surface area contributed by atoms with Crippen LogP contribution in [0.4, 0.5) is 0 Å². The van der Waals surface area contributed by atoms with E-state index < -0.39 is 0 Å². The van der Waals surface area contributed by atoms with Crippen molar-refractivity contribution in [1.82, 2.24) is 0 Å². The van der Waals surface area contributed by atoms with Crippen molar-refractivity contribution in [3.63, 3.8) is 0 Å². The van der Waals surface area contributed by atoms with Crippen LogP contribution in [0.5, 0.6) is 5.75 Å². The lowest BCUT2D eigenvalue weighted by Gasteiger charge is -2.48. The van der Waals surface area contributed by atoms with Crippen LogP contribution in [0.1, 0.15) is 70.9 Å². The Morgan fingerprint density at radius 3 is 2.57 bits per heavy atom. The Bertz CT molecular complexity index is 500. The van der Waals surface area contributed by atoms with Crippen molar-refractivity contribution in [2.45, 2.75) is 70.9 Å². The van der Waals surface area contributed by atoms with Gasteiger partial charge >= 0.3 is 0 Å². The maximum Gasteiger partial charge on any atom is 0.124 e. The van der Waals surface area contributed by atoms with E-state index in [1.165, 1.54) is 24.8 Å². The van der Waals surface area contributed by atoms with Crippen LogP contribution in [0, 0.1) is 11.3 Å². The molecular formula is C19H29NO. The molecule has 1 aliphatic heterocycles. The number of ether oxygens (including phenoxy) is 1. The first-order valence-corrected chi connectivity index (χ1v) is 8.49. The maximum absolute atomic E-state index is 6.45. The summed E-state index contributed by atoms with van der Waals surface area (Å²) in [4.78, 5) is 0. The van der Waals surface area contributed by atoms with E-state index in [1.807, 2.05) is 0 Å². The van der Waals surface area contributed by atoms with E-state index in [2.05, 4.69) is 45.0 Å². The zero-order chi connectivity index (χ0) is 15.1. The van der Waals surface area contributed by atoms with E-state index in [-0.39, 0.29) is 11.6 Å². The van der Waals surface area contributed by atoms with E-state index in [0.29, 0.717) is 5.41 Å². The van der Waals surface area contributed by atoms with E-state index in [0.717, 1.165) is 30.9 Å². The zero-order valence-corrected chi connectivity index (χ0v) is 13.7. The van der Waals surface area contributed by atoms with Gasteiger partial charge in [0.1, 0.15) is 11.4 Å². The number of hydrogen-bond acceptors (Lipinski definition) is 2. The molecule has 21 heavy (non-hydrogen) atoms. The zero-order valence-electron chi connectivity index (χ0n) is 13.7. The fraction of sp³-hybridized carbons (Fsp3) is 0.684. The van der Waals surface area contributed by atoms with Crippen molar-refractivity contribution in [1.29, 1.82) is 0 Å². The average Bonchev–Trinajstić information content (AvgIpc) is 2.48. The molecule has 1 aromatic rings. The Labute approximate surface area is 129 Å². The highest BCUT2D eigenvalue weighted by Gasteiger charge is 2.44. The monoisotopic (exact) mass is 287 g/mol. The second-order valence-corrected chi connectivity index (χ2v) is 7.75. The standard InChI is InChI=1S/C19H29NO/c1-4-18(2,3)14-9-11-19(12-10-14)13-16(20)15-7-5-6-8-17(15)21-19/h5-8,14,16H,4,9-13,20H2,1-3H3. The van der Waals surface area contributed by atoms with Gasteiger partial charge in [-0.3, -0.25) is 0 Å². The molecule has 1 heterocycles. The van der Waals surface area contributed by atoms with Crippen LogP contribution < -0.4 is 10.5 Å². The molecule has 2 heteroatoms. The molecule has 1 saturated carbocycles. The summed E-state index contributed by atoms with van der Waals surface area (Å²) in [5, 5.41) is 0. The number of fused-ring (bicyclic) bond motifs is 1. The highest BCUT2D eigenvalue weighted by molar-refractivity contribution is 5.38. The minimum absolute atomic E-state index is 0.00586. The third-order valence-electron chi connectivity index (χ3n) is 6.15. The Hall–Kier alpha value is -1.02. The van der Waals surface area contributed by atoms with Crippen LogP contribution in [0.15, 0.2) is 24.3 Å². The minimum atomic E-state index is -0.00586. The predicted molar refractivity (Wildman–Crippen MR) is 87.4 cm³/mol. The molecule has 0 saturated heterocycles. The summed E-state index contributed by atoms with van der Waals surface area (Å²) >= 11 is 0. The molecule has 0 radical (unpaired) electrons. The molecule has 0 amide bonds. The summed E-state index contributed by atoms with van der Waals surface area (Å²) in [6.45, 7) is 7.14. The maximum atomic E-state index is 6.45. The predicted octanol–water partition coefficient (Wildman–Crippen LogP) is 4.83. The van der Waals surface area contributed by atoms with Crippen LogP contribution in [-0.4, -0.2) is 5.60 Å². The molecule has 1 fully saturated rings. The Balaban J connectivity index is 1.75. The van der Waals surface area contributed by atoms with Crippen LogP contribution in [0.2, 0.25) is 0 Å². The van der Waals surface area contributed by atoms with E-state index >= 15 is 0 Å². The molecular weight excluding hydrogens is 258 g/mol. The fourth-order valence-corrected chi connectivity index (χ4v) is 4.19. The van der Waals surface area contributed by atoms with E-state index in [9.17, 15) is 0 Å². The van der Waals surface area contributed by atoms with Crippen molar-refractivity contribution in [3.8, 4) is 5.75 Å². The molecule has 116 valence electrons. The third-order valence-corrected chi connectivity index (χ3v) is 6.15. The lowest BCUT2D eigenvalue weighted by molar-refractivity contribution is -0.0283. The van der Waals surface area contributed by atoms with Crippen LogP contribution >= 0.6 is 0 Å². The lowest BCUT2D eigenvalue weighted by Crippen LogP contribution is -2.47. The number of hydrogen-bond donors (Lipinski definition) is 1. The van der Waals surface area contributed by atoms with Crippen molar-refractivity contribution in [2.24, 2.45) is 17.1 Å². The summed E-state index contributed by atoms with van der Waals surface area (Å²) < 4.78 is 6.45. The molecule has 1 aromatic carbocycles. The van der Waals surface area contributed by atoms with Gasteiger partial charge in [-0.25, -0.2) is 0 Å². The van der Waals surface area contributed by atoms with Crippen molar-refractivity contribution in [2.75, 3.05) is 0 Å². The number of para-hydroxylation sites is 1. The molecule has 1 atom stereocenters. The van der Waals surface area contributed by atoms with Gasteiger partial charge in [0.2, 0.25) is 0 Å². The van der Waals surface area contributed by atoms with Crippen LogP contribution in [0.3, 0.4) is 0 Å². The molecule has 1 spiro atoms. The molecule has 3 rings (SSSR count). The van der Waals surface area contributed by atoms with Crippen LogP contribution in [-0.2, 0) is 0 Å². The van der Waals surface area contributed by atoms with Crippen molar-refractivity contribution < 1.29 is 4.74 Å². The second-order valence-electron chi connectivity index (χ2n) is 7.75. The van der Waals surface area contributed by atoms with E-state index in [1.54, 1.807) is 0 Å². The second kappa shape index (κ2) is 5.31. The van der Waals surface area contributed by atoms with Crippen LogP contribution in [0.25, 0.3) is 0 Å². The highest BCUT2D eigenvalue weighted by atomic mass is 16.5. The van der Waals surface area contributed by atoms with Gasteiger partial charge < -0.3 is 10.5 Å². The molecule has 1 unspecified atom stereocenters. The number of rotatable bonds is 2. The fourth-order valence-electron chi connectivity index (χ4n) is 4.19. The smallest absolute Gasteiger partial charge is 0.124 e. The first kappa shape index (κ1) is 14.9. The summed E-state index contributed by atoms with van der Waals surface area (Å²) in [5.41, 5.74) is 8.05. The van der Waals surface area contributed by atoms with Gasteiger partial charge in [0.05, 0.1) is 0 Å². The first-order chi connectivity index (χ1) is 9.96. The van der Waals surface area contributed by atoms with Crippen molar-refractivity contribution >= 4 is 0 Å². The molecule has 1 aliphatic carbocycles. The molecule has 0 bridgehead atoms. The topological polar surface area (TPSA) is 35.2 Å². The molecule has 2 aliphatic rings. The average molecular weight is 287 g/mol. The van der Waals surface area contributed by atoms with Gasteiger partial charge in [-0.2, -0.15) is 0 Å². The Kier molecular flexibility index (Phi) is 3.77. The third kappa shape index (κ3) is 2.70. The van der Waals surface area contributed by atoms with E-state index in [4.69, 9.17) is 10.5 Å². The summed E-state index contributed by atoms with van der Waals surface area (Å²) in [6, 6.07) is 8.43. The SMILES string of the molecule is CCC(C)(C)C1CCC2(CC1)CC(N)c1ccccc1O2. The first-order valence-electron chi connectivity index (χ1n) is 8.49. The Morgan fingerprint density at radius 2 is 1.90 bits per heavy atom. The summed E-state index contributed by atoms with van der Waals surface area (Å²) in [5.74, 6) is 1.84. The van der Waals surface area contributed by atoms with Gasteiger partial charge in [0, 0.05) is 18.0 Å². The van der Waals surface area contributed by atoms with Gasteiger partial charge in [-0.15, -0.1) is 0 Å². The number of nitrogens with two attached hydrogens (primary N) is 1. The quantitative estimate of drug-likeness (QED) is 0.845. The molecule has 2 nitrogen and oxygen atoms in total. The van der Waals surface area contributed by atoms with Gasteiger partial charge in [0.25, 0.3) is 0 Å². The minimum Gasteiger partial charge on any atom is -0.487 e. The normalized spacial score (nSPS) is 32.6. The summed E-state index contributed by atoms with van der Waals surface area (Å²) in [6.07, 6.45) is 7.09. The van der Waals surface area contributed by atoms with Gasteiger partial charge in [-0.1, -0.05) is 45.4 Å².